The van der Waals surface area contributed by atoms with Crippen molar-refractivity contribution in [3.05, 3.63) is 30.1 Å². The van der Waals surface area contributed by atoms with Crippen molar-refractivity contribution in [3.8, 4) is 0 Å². The first-order valence-corrected chi connectivity index (χ1v) is 11.4. The van der Waals surface area contributed by atoms with Crippen molar-refractivity contribution in [3.63, 3.8) is 0 Å². The Labute approximate surface area is 161 Å². The normalized spacial score (nSPS) is 22.5. The first kappa shape index (κ1) is 20.3. The van der Waals surface area contributed by atoms with Crippen LogP contribution in [0.15, 0.2) is 29.2 Å². The van der Waals surface area contributed by atoms with E-state index in [1.165, 1.54) is 22.9 Å². The average molecular weight is 397 g/mol. The second-order valence-corrected chi connectivity index (χ2v) is 9.51. The lowest BCUT2D eigenvalue weighted by atomic mass is 9.91. The van der Waals surface area contributed by atoms with Gasteiger partial charge in [-0.15, -0.1) is 0 Å². The molecule has 0 radical (unpaired) electrons. The molecule has 150 valence electrons. The summed E-state index contributed by atoms with van der Waals surface area (Å²) in [6.45, 7) is 3.29. The zero-order valence-electron chi connectivity index (χ0n) is 15.9. The molecule has 1 heterocycles. The Morgan fingerprint density at radius 3 is 2.41 bits per heavy atom. The van der Waals surface area contributed by atoms with E-state index >= 15 is 0 Å². The number of nitrogens with zero attached hydrogens (tertiary/aromatic N) is 2. The van der Waals surface area contributed by atoms with Gasteiger partial charge >= 0.3 is 0 Å². The van der Waals surface area contributed by atoms with Gasteiger partial charge in [0, 0.05) is 25.7 Å². The molecule has 0 N–H and O–H groups in total. The number of carbonyl (C=O) groups excluding carboxylic acids is 1. The topological polar surface area (TPSA) is 57.7 Å². The highest BCUT2D eigenvalue weighted by Gasteiger charge is 2.36. The van der Waals surface area contributed by atoms with E-state index in [0.717, 1.165) is 44.2 Å². The summed E-state index contributed by atoms with van der Waals surface area (Å²) in [7, 11) is -3.71. The average Bonchev–Trinajstić information content (AvgIpc) is 2.70. The van der Waals surface area contributed by atoms with Gasteiger partial charge in [0.2, 0.25) is 15.9 Å². The lowest BCUT2D eigenvalue weighted by molar-refractivity contribution is -0.139. The molecule has 1 aliphatic carbocycles. The molecule has 7 heteroatoms. The van der Waals surface area contributed by atoms with Gasteiger partial charge in [-0.3, -0.25) is 4.79 Å². The van der Waals surface area contributed by atoms with Crippen LogP contribution in [0.2, 0.25) is 0 Å². The van der Waals surface area contributed by atoms with Crippen LogP contribution in [0, 0.1) is 11.7 Å². The lowest BCUT2D eigenvalue weighted by Gasteiger charge is -2.38. The predicted molar refractivity (Wildman–Crippen MR) is 102 cm³/mol. The second kappa shape index (κ2) is 8.69. The van der Waals surface area contributed by atoms with Crippen LogP contribution in [0.1, 0.15) is 51.9 Å². The largest absolute Gasteiger partial charge is 0.340 e. The van der Waals surface area contributed by atoms with Crippen LogP contribution in [0.4, 0.5) is 4.39 Å². The molecular weight excluding hydrogens is 367 g/mol. The van der Waals surface area contributed by atoms with Crippen molar-refractivity contribution in [2.24, 2.45) is 5.92 Å². The third-order valence-corrected chi connectivity index (χ3v) is 7.70. The van der Waals surface area contributed by atoms with E-state index < -0.39 is 15.8 Å². The maximum Gasteiger partial charge on any atom is 0.243 e. The minimum absolute atomic E-state index is 0.0802. The van der Waals surface area contributed by atoms with Crippen LogP contribution in [0.5, 0.6) is 0 Å². The Morgan fingerprint density at radius 1 is 1.11 bits per heavy atom. The van der Waals surface area contributed by atoms with Crippen molar-refractivity contribution in [2.75, 3.05) is 19.6 Å². The minimum Gasteiger partial charge on any atom is -0.340 e. The van der Waals surface area contributed by atoms with Crippen molar-refractivity contribution < 1.29 is 17.6 Å². The number of hydrogen-bond donors (Lipinski definition) is 0. The Kier molecular flexibility index (Phi) is 6.52. The van der Waals surface area contributed by atoms with Gasteiger partial charge in [-0.25, -0.2) is 12.8 Å². The zero-order chi connectivity index (χ0) is 19.4. The molecule has 1 aromatic rings. The molecule has 5 nitrogen and oxygen atoms in total. The van der Waals surface area contributed by atoms with Gasteiger partial charge in [-0.1, -0.05) is 19.3 Å². The maximum atomic E-state index is 13.1. The first-order chi connectivity index (χ1) is 12.9. The Bertz CT molecular complexity index is 745. The van der Waals surface area contributed by atoms with E-state index in [1.54, 1.807) is 0 Å². The van der Waals surface area contributed by atoms with Crippen molar-refractivity contribution in [1.29, 1.82) is 0 Å². The zero-order valence-corrected chi connectivity index (χ0v) is 16.8. The molecule has 0 aromatic heterocycles. The molecule has 1 atom stereocenters. The Balaban J connectivity index is 1.72. The highest BCUT2D eigenvalue weighted by atomic mass is 32.2. The third kappa shape index (κ3) is 4.51. The Morgan fingerprint density at radius 2 is 1.78 bits per heavy atom. The van der Waals surface area contributed by atoms with Crippen molar-refractivity contribution >= 4 is 15.9 Å². The molecule has 1 saturated heterocycles. The van der Waals surface area contributed by atoms with Gasteiger partial charge in [0.25, 0.3) is 0 Å². The lowest BCUT2D eigenvalue weighted by Crippen LogP contribution is -2.49. The quantitative estimate of drug-likeness (QED) is 0.766. The fourth-order valence-corrected chi connectivity index (χ4v) is 5.86. The molecule has 0 spiro atoms. The molecule has 1 aliphatic heterocycles. The summed E-state index contributed by atoms with van der Waals surface area (Å²) in [5.41, 5.74) is 0. The van der Waals surface area contributed by atoms with E-state index in [2.05, 4.69) is 0 Å². The van der Waals surface area contributed by atoms with Gasteiger partial charge < -0.3 is 4.90 Å². The van der Waals surface area contributed by atoms with Crippen LogP contribution in [0.25, 0.3) is 0 Å². The highest BCUT2D eigenvalue weighted by Crippen LogP contribution is 2.28. The Hall–Kier alpha value is -1.47. The van der Waals surface area contributed by atoms with E-state index in [9.17, 15) is 17.6 Å². The number of carbonyl (C=O) groups is 1. The summed E-state index contributed by atoms with van der Waals surface area (Å²) in [6, 6.07) is 5.18. The molecule has 27 heavy (non-hydrogen) atoms. The van der Waals surface area contributed by atoms with Crippen LogP contribution in [0.3, 0.4) is 0 Å². The molecule has 1 amide bonds. The van der Waals surface area contributed by atoms with Crippen LogP contribution < -0.4 is 0 Å². The van der Waals surface area contributed by atoms with Gasteiger partial charge in [0.1, 0.15) is 5.82 Å². The molecule has 0 bridgehead atoms. The summed E-state index contributed by atoms with van der Waals surface area (Å²) in [5, 5.41) is 0. The number of hydrogen-bond acceptors (Lipinski definition) is 3. The molecule has 2 fully saturated rings. The smallest absolute Gasteiger partial charge is 0.243 e. The van der Waals surface area contributed by atoms with E-state index in [1.807, 2.05) is 11.8 Å². The first-order valence-electron chi connectivity index (χ1n) is 9.99. The third-order valence-electron chi connectivity index (χ3n) is 5.82. The summed E-state index contributed by atoms with van der Waals surface area (Å²) >= 11 is 0. The van der Waals surface area contributed by atoms with E-state index in [-0.39, 0.29) is 23.3 Å². The number of benzene rings is 1. The van der Waals surface area contributed by atoms with Gasteiger partial charge in [0.05, 0.1) is 10.8 Å². The van der Waals surface area contributed by atoms with Crippen LogP contribution >= 0.6 is 0 Å². The maximum absolute atomic E-state index is 13.1. The molecular formula is C20H29FN2O3S. The number of amides is 1. The molecule has 1 saturated carbocycles. The van der Waals surface area contributed by atoms with Crippen molar-refractivity contribution in [2.45, 2.75) is 62.8 Å². The van der Waals surface area contributed by atoms with Crippen LogP contribution in [-0.2, 0) is 14.8 Å². The monoisotopic (exact) mass is 396 g/mol. The van der Waals surface area contributed by atoms with Crippen molar-refractivity contribution in [1.82, 2.24) is 9.21 Å². The number of sulfonamides is 1. The fraction of sp³-hybridized carbons (Fsp3) is 0.650. The molecule has 3 rings (SSSR count). The van der Waals surface area contributed by atoms with Gasteiger partial charge in [-0.05, 0) is 56.9 Å². The number of rotatable bonds is 5. The molecule has 1 unspecified atom stereocenters. The summed E-state index contributed by atoms with van der Waals surface area (Å²) in [6.07, 6.45) is 7.02. The van der Waals surface area contributed by atoms with E-state index in [0.29, 0.717) is 25.6 Å². The number of halogens is 1. The summed E-state index contributed by atoms with van der Waals surface area (Å²) in [4.78, 5) is 15.2. The highest BCUT2D eigenvalue weighted by molar-refractivity contribution is 7.89. The van der Waals surface area contributed by atoms with E-state index in [4.69, 9.17) is 0 Å². The van der Waals surface area contributed by atoms with Crippen LogP contribution in [-0.4, -0.2) is 49.2 Å². The summed E-state index contributed by atoms with van der Waals surface area (Å²) < 4.78 is 40.3. The molecule has 2 aliphatic rings. The minimum atomic E-state index is -3.71. The number of piperidine rings is 1. The summed E-state index contributed by atoms with van der Waals surface area (Å²) in [5.74, 6) is -0.675. The second-order valence-electron chi connectivity index (χ2n) is 7.57. The standard InChI is InChI=1S/C20H29FN2O3S/c1-2-23(18-8-4-3-5-9-18)20(24)16-7-6-14-22(15-16)27(25,26)19-12-10-17(21)11-13-19/h10-13,16,18H,2-9,14-15H2,1H3. The SMILES string of the molecule is CCN(C(=O)C1CCCN(S(=O)(=O)c2ccc(F)cc2)C1)C1CCCCC1. The molecule has 1 aromatic carbocycles. The van der Waals surface area contributed by atoms with Gasteiger partial charge in [0.15, 0.2) is 0 Å². The predicted octanol–water partition coefficient (Wildman–Crippen LogP) is 3.41. The van der Waals surface area contributed by atoms with Gasteiger partial charge in [-0.2, -0.15) is 4.31 Å². The fourth-order valence-electron chi connectivity index (χ4n) is 4.34.